The maximum absolute atomic E-state index is 11.3. The molecule has 0 aromatic rings. The highest BCUT2D eigenvalue weighted by Gasteiger charge is 2.32. The molecule has 1 rings (SSSR count). The van der Waals surface area contributed by atoms with Gasteiger partial charge in [-0.3, -0.25) is 4.79 Å². The lowest BCUT2D eigenvalue weighted by molar-refractivity contribution is -0.129. The van der Waals surface area contributed by atoms with Gasteiger partial charge in [-0.15, -0.1) is 0 Å². The van der Waals surface area contributed by atoms with E-state index in [9.17, 15) is 4.79 Å². The molecule has 0 unspecified atom stereocenters. The monoisotopic (exact) mass is 228 g/mol. The molecule has 1 fully saturated rings. The molecule has 16 heavy (non-hydrogen) atoms. The van der Waals surface area contributed by atoms with Gasteiger partial charge in [-0.25, -0.2) is 0 Å². The number of nitrogens with one attached hydrogen (secondary N) is 1. The van der Waals surface area contributed by atoms with E-state index >= 15 is 0 Å². The number of ether oxygens (including phenoxy) is 1. The maximum atomic E-state index is 11.3. The zero-order chi connectivity index (χ0) is 12.3. The highest BCUT2D eigenvalue weighted by atomic mass is 16.5. The van der Waals surface area contributed by atoms with Crippen LogP contribution in [0.4, 0.5) is 0 Å². The summed E-state index contributed by atoms with van der Waals surface area (Å²) in [6, 6.07) is 0.441. The maximum Gasteiger partial charge on any atom is 0.236 e. The Hall–Kier alpha value is -0.610. The van der Waals surface area contributed by atoms with E-state index in [1.54, 1.807) is 19.0 Å². The standard InChI is InChI=1S/C12H24N2O2/c1-12(2,3)16-10-6-9(7-10)13-8-11(15)14(4)5/h9-10,13H,6-8H2,1-5H3. The van der Waals surface area contributed by atoms with Crippen molar-refractivity contribution >= 4 is 5.91 Å². The van der Waals surface area contributed by atoms with Gasteiger partial charge in [-0.05, 0) is 33.6 Å². The van der Waals surface area contributed by atoms with Gasteiger partial charge in [0.2, 0.25) is 5.91 Å². The Morgan fingerprint density at radius 1 is 1.38 bits per heavy atom. The second-order valence-corrected chi connectivity index (χ2v) is 5.69. The fourth-order valence-corrected chi connectivity index (χ4v) is 1.72. The Morgan fingerprint density at radius 3 is 2.38 bits per heavy atom. The quantitative estimate of drug-likeness (QED) is 0.781. The van der Waals surface area contributed by atoms with Gasteiger partial charge in [-0.1, -0.05) is 0 Å². The van der Waals surface area contributed by atoms with Crippen LogP contribution >= 0.6 is 0 Å². The fraction of sp³-hybridized carbons (Fsp3) is 0.917. The van der Waals surface area contributed by atoms with E-state index in [-0.39, 0.29) is 11.5 Å². The molecule has 1 aliphatic rings. The minimum Gasteiger partial charge on any atom is -0.373 e. The number of amides is 1. The van der Waals surface area contributed by atoms with Crippen LogP contribution in [0, 0.1) is 0 Å². The molecule has 0 aliphatic heterocycles. The zero-order valence-corrected chi connectivity index (χ0v) is 11.0. The smallest absolute Gasteiger partial charge is 0.236 e. The largest absolute Gasteiger partial charge is 0.373 e. The minimum atomic E-state index is -0.0604. The first-order valence-corrected chi connectivity index (χ1v) is 5.89. The lowest BCUT2D eigenvalue weighted by atomic mass is 9.88. The first kappa shape index (κ1) is 13.5. The van der Waals surface area contributed by atoms with Gasteiger partial charge in [0.25, 0.3) is 0 Å². The highest BCUT2D eigenvalue weighted by Crippen LogP contribution is 2.27. The van der Waals surface area contributed by atoms with Crippen molar-refractivity contribution in [3.63, 3.8) is 0 Å². The molecule has 0 aromatic carbocycles. The average molecular weight is 228 g/mol. The number of likely N-dealkylation sites (N-methyl/N-ethyl adjacent to an activating group) is 1. The molecule has 0 heterocycles. The van der Waals surface area contributed by atoms with E-state index in [4.69, 9.17) is 4.74 Å². The number of hydrogen-bond donors (Lipinski definition) is 1. The van der Waals surface area contributed by atoms with Crippen molar-refractivity contribution in [1.29, 1.82) is 0 Å². The molecular weight excluding hydrogens is 204 g/mol. The molecule has 1 saturated carbocycles. The van der Waals surface area contributed by atoms with Crippen LogP contribution in [0.15, 0.2) is 0 Å². The first-order chi connectivity index (χ1) is 7.28. The van der Waals surface area contributed by atoms with Gasteiger partial charge in [-0.2, -0.15) is 0 Å². The van der Waals surface area contributed by atoms with E-state index in [1.165, 1.54) is 0 Å². The second kappa shape index (κ2) is 5.15. The predicted octanol–water partition coefficient (Wildman–Crippen LogP) is 1.01. The minimum absolute atomic E-state index is 0.0604. The summed E-state index contributed by atoms with van der Waals surface area (Å²) in [5, 5.41) is 3.24. The summed E-state index contributed by atoms with van der Waals surface area (Å²) in [5.41, 5.74) is -0.0604. The van der Waals surface area contributed by atoms with Gasteiger partial charge in [0.1, 0.15) is 0 Å². The molecule has 1 aliphatic carbocycles. The van der Waals surface area contributed by atoms with Gasteiger partial charge >= 0.3 is 0 Å². The molecular formula is C12H24N2O2. The van der Waals surface area contributed by atoms with Crippen molar-refractivity contribution in [1.82, 2.24) is 10.2 Å². The Balaban J connectivity index is 2.11. The topological polar surface area (TPSA) is 41.6 Å². The van der Waals surface area contributed by atoms with Crippen LogP contribution < -0.4 is 5.32 Å². The molecule has 0 bridgehead atoms. The molecule has 1 amide bonds. The van der Waals surface area contributed by atoms with Crippen LogP contribution in [0.3, 0.4) is 0 Å². The summed E-state index contributed by atoms with van der Waals surface area (Å²) in [7, 11) is 3.55. The van der Waals surface area contributed by atoms with Crippen LogP contribution in [0.2, 0.25) is 0 Å². The number of nitrogens with zero attached hydrogens (tertiary/aromatic N) is 1. The lowest BCUT2D eigenvalue weighted by Crippen LogP contribution is -2.50. The summed E-state index contributed by atoms with van der Waals surface area (Å²) in [6.45, 7) is 6.65. The van der Waals surface area contributed by atoms with Crippen molar-refractivity contribution in [2.45, 2.75) is 51.4 Å². The van der Waals surface area contributed by atoms with Crippen molar-refractivity contribution in [3.05, 3.63) is 0 Å². The molecule has 4 heteroatoms. The molecule has 0 saturated heterocycles. The van der Waals surface area contributed by atoms with Gasteiger partial charge in [0.05, 0.1) is 18.2 Å². The summed E-state index contributed by atoms with van der Waals surface area (Å²) < 4.78 is 5.82. The molecule has 4 nitrogen and oxygen atoms in total. The third kappa shape index (κ3) is 4.49. The normalized spacial score (nSPS) is 25.1. The Labute approximate surface area is 98.3 Å². The molecule has 0 spiro atoms. The average Bonchev–Trinajstić information content (AvgIpc) is 2.05. The van der Waals surface area contributed by atoms with E-state index in [0.717, 1.165) is 12.8 Å². The molecule has 0 aromatic heterocycles. The van der Waals surface area contributed by atoms with Gasteiger partial charge in [0, 0.05) is 20.1 Å². The third-order valence-electron chi connectivity index (χ3n) is 2.66. The van der Waals surface area contributed by atoms with Crippen molar-refractivity contribution in [3.8, 4) is 0 Å². The van der Waals surface area contributed by atoms with Crippen LogP contribution in [0.25, 0.3) is 0 Å². The van der Waals surface area contributed by atoms with Gasteiger partial charge in [0.15, 0.2) is 0 Å². The van der Waals surface area contributed by atoms with Crippen LogP contribution in [0.5, 0.6) is 0 Å². The van der Waals surface area contributed by atoms with E-state index in [2.05, 4.69) is 26.1 Å². The summed E-state index contributed by atoms with van der Waals surface area (Å²) >= 11 is 0. The van der Waals surface area contributed by atoms with E-state index in [0.29, 0.717) is 18.7 Å². The molecule has 0 radical (unpaired) electrons. The van der Waals surface area contributed by atoms with Crippen molar-refractivity contribution in [2.75, 3.05) is 20.6 Å². The van der Waals surface area contributed by atoms with E-state index in [1.807, 2.05) is 0 Å². The third-order valence-corrected chi connectivity index (χ3v) is 2.66. The number of carbonyl (C=O) groups is 1. The summed E-state index contributed by atoms with van der Waals surface area (Å²) in [5.74, 6) is 0.125. The SMILES string of the molecule is CN(C)C(=O)CNC1CC(OC(C)(C)C)C1. The molecule has 1 N–H and O–H groups in total. The number of hydrogen-bond acceptors (Lipinski definition) is 3. The lowest BCUT2D eigenvalue weighted by Gasteiger charge is -2.39. The van der Waals surface area contributed by atoms with Crippen molar-refractivity contribution in [2.24, 2.45) is 0 Å². The molecule has 0 atom stereocenters. The summed E-state index contributed by atoms with van der Waals surface area (Å²) in [6.07, 6.45) is 2.38. The van der Waals surface area contributed by atoms with Gasteiger partial charge < -0.3 is 15.0 Å². The zero-order valence-electron chi connectivity index (χ0n) is 11.0. The second-order valence-electron chi connectivity index (χ2n) is 5.69. The van der Waals surface area contributed by atoms with Crippen LogP contribution in [0.1, 0.15) is 33.6 Å². The Morgan fingerprint density at radius 2 is 1.94 bits per heavy atom. The summed E-state index contributed by atoms with van der Waals surface area (Å²) in [4.78, 5) is 12.9. The predicted molar refractivity (Wildman–Crippen MR) is 64.3 cm³/mol. The van der Waals surface area contributed by atoms with Crippen LogP contribution in [-0.4, -0.2) is 49.2 Å². The molecule has 94 valence electrons. The van der Waals surface area contributed by atoms with Crippen molar-refractivity contribution < 1.29 is 9.53 Å². The Bertz CT molecular complexity index is 240. The number of rotatable bonds is 4. The van der Waals surface area contributed by atoms with E-state index < -0.39 is 0 Å². The van der Waals surface area contributed by atoms with Crippen LogP contribution in [-0.2, 0) is 9.53 Å². The number of carbonyl (C=O) groups excluding carboxylic acids is 1. The Kier molecular flexibility index (Phi) is 4.33. The first-order valence-electron chi connectivity index (χ1n) is 5.89. The highest BCUT2D eigenvalue weighted by molar-refractivity contribution is 5.77. The fourth-order valence-electron chi connectivity index (χ4n) is 1.72.